The molecule has 178 valence electrons. The number of hydrogen-bond donors (Lipinski definition) is 1. The Hall–Kier alpha value is -2.16. The number of hydrogen-bond acceptors (Lipinski definition) is 6. The topological polar surface area (TPSA) is 76.5 Å². The fourth-order valence-corrected chi connectivity index (χ4v) is 5.37. The second-order valence-electron chi connectivity index (χ2n) is 8.84. The highest BCUT2D eigenvalue weighted by molar-refractivity contribution is 7.99. The first-order valence-corrected chi connectivity index (χ1v) is 13.0. The number of morpholine rings is 1. The number of nitrogens with one attached hydrogen (secondary N) is 1. The maximum Gasteiger partial charge on any atom is 0.348 e. The fourth-order valence-electron chi connectivity index (χ4n) is 4.47. The van der Waals surface area contributed by atoms with Crippen LogP contribution in [0.4, 0.5) is 0 Å². The average Bonchev–Trinajstić information content (AvgIpc) is 2.84. The number of ether oxygens (including phenoxy) is 1. The van der Waals surface area contributed by atoms with E-state index >= 15 is 0 Å². The molecule has 0 saturated carbocycles. The number of thioether (sulfide) groups is 1. The van der Waals surface area contributed by atoms with Gasteiger partial charge in [-0.25, -0.2) is 4.79 Å². The molecule has 0 bridgehead atoms. The molecule has 1 aliphatic carbocycles. The van der Waals surface area contributed by atoms with Gasteiger partial charge in [0.25, 0.3) is 0 Å². The lowest BCUT2D eigenvalue weighted by Gasteiger charge is -2.27. The van der Waals surface area contributed by atoms with Crippen molar-refractivity contribution in [3.05, 3.63) is 57.1 Å². The van der Waals surface area contributed by atoms with Gasteiger partial charge >= 0.3 is 5.69 Å². The Morgan fingerprint density at radius 3 is 2.67 bits per heavy atom. The van der Waals surface area contributed by atoms with Crippen LogP contribution < -0.4 is 11.0 Å². The number of rotatable bonds is 9. The van der Waals surface area contributed by atoms with Crippen LogP contribution in [-0.4, -0.2) is 59.0 Å². The van der Waals surface area contributed by atoms with Crippen molar-refractivity contribution in [3.8, 4) is 0 Å². The molecule has 4 rings (SSSR count). The lowest BCUT2D eigenvalue weighted by molar-refractivity contribution is -0.118. The number of aromatic nitrogens is 2. The fraction of sp³-hybridized carbons (Fsp3) is 0.560. The van der Waals surface area contributed by atoms with Crippen LogP contribution in [0.1, 0.15) is 41.6 Å². The van der Waals surface area contributed by atoms with Gasteiger partial charge in [-0.15, -0.1) is 0 Å². The maximum absolute atomic E-state index is 12.9. The average molecular weight is 471 g/mol. The molecule has 1 saturated heterocycles. The molecular weight excluding hydrogens is 436 g/mol. The molecule has 2 heterocycles. The van der Waals surface area contributed by atoms with Crippen LogP contribution in [0.25, 0.3) is 0 Å². The molecule has 0 unspecified atom stereocenters. The van der Waals surface area contributed by atoms with Crippen molar-refractivity contribution >= 4 is 17.7 Å². The number of aryl methyl sites for hydroxylation is 1. The smallest absolute Gasteiger partial charge is 0.348 e. The van der Waals surface area contributed by atoms with Crippen LogP contribution >= 0.6 is 11.8 Å². The van der Waals surface area contributed by atoms with Crippen molar-refractivity contribution < 1.29 is 9.53 Å². The van der Waals surface area contributed by atoms with Gasteiger partial charge in [-0.05, 0) is 44.6 Å². The molecule has 1 N–H and O–H groups in total. The summed E-state index contributed by atoms with van der Waals surface area (Å²) >= 11 is 1.39. The van der Waals surface area contributed by atoms with Crippen LogP contribution in [0, 0.1) is 6.92 Å². The third kappa shape index (κ3) is 6.68. The van der Waals surface area contributed by atoms with Crippen LogP contribution in [0.15, 0.2) is 34.1 Å². The predicted octanol–water partition coefficient (Wildman–Crippen LogP) is 2.56. The summed E-state index contributed by atoms with van der Waals surface area (Å²) in [7, 11) is 0. The van der Waals surface area contributed by atoms with E-state index in [2.05, 4.69) is 15.2 Å². The zero-order chi connectivity index (χ0) is 23.0. The van der Waals surface area contributed by atoms with E-state index in [4.69, 9.17) is 4.74 Å². The van der Waals surface area contributed by atoms with Gasteiger partial charge in [-0.1, -0.05) is 41.6 Å². The van der Waals surface area contributed by atoms with Crippen molar-refractivity contribution in [2.75, 3.05) is 38.6 Å². The summed E-state index contributed by atoms with van der Waals surface area (Å²) in [5.74, 6) is 0.229. The maximum atomic E-state index is 12.9. The Bertz CT molecular complexity index is 1000. The molecule has 1 aromatic carbocycles. The summed E-state index contributed by atoms with van der Waals surface area (Å²) in [6.07, 6.45) is 4.98. The van der Waals surface area contributed by atoms with Gasteiger partial charge in [0.1, 0.15) is 5.03 Å². The molecule has 2 aliphatic rings. The summed E-state index contributed by atoms with van der Waals surface area (Å²) in [5, 5.41) is 3.71. The second kappa shape index (κ2) is 11.8. The van der Waals surface area contributed by atoms with Gasteiger partial charge < -0.3 is 10.1 Å². The van der Waals surface area contributed by atoms with Gasteiger partial charge in [0.15, 0.2) is 0 Å². The van der Waals surface area contributed by atoms with E-state index in [1.54, 1.807) is 0 Å². The molecule has 7 nitrogen and oxygen atoms in total. The van der Waals surface area contributed by atoms with Crippen molar-refractivity contribution in [1.29, 1.82) is 0 Å². The van der Waals surface area contributed by atoms with Gasteiger partial charge in [-0.3, -0.25) is 14.3 Å². The van der Waals surface area contributed by atoms with Crippen molar-refractivity contribution in [2.45, 2.75) is 57.1 Å². The quantitative estimate of drug-likeness (QED) is 0.448. The summed E-state index contributed by atoms with van der Waals surface area (Å²) in [4.78, 5) is 32.1. The monoisotopic (exact) mass is 470 g/mol. The van der Waals surface area contributed by atoms with E-state index in [0.717, 1.165) is 81.2 Å². The van der Waals surface area contributed by atoms with E-state index in [1.807, 2.05) is 35.8 Å². The molecule has 1 aliphatic heterocycles. The lowest BCUT2D eigenvalue weighted by atomic mass is 9.97. The van der Waals surface area contributed by atoms with Crippen LogP contribution in [-0.2, 0) is 35.5 Å². The highest BCUT2D eigenvalue weighted by Gasteiger charge is 2.21. The van der Waals surface area contributed by atoms with Crippen LogP contribution in [0.5, 0.6) is 0 Å². The largest absolute Gasteiger partial charge is 0.379 e. The Balaban J connectivity index is 1.35. The minimum Gasteiger partial charge on any atom is -0.379 e. The number of carbonyl (C=O) groups excluding carboxylic acids is 1. The predicted molar refractivity (Wildman–Crippen MR) is 131 cm³/mol. The Kier molecular flexibility index (Phi) is 8.58. The summed E-state index contributed by atoms with van der Waals surface area (Å²) in [5.41, 5.74) is 4.40. The Morgan fingerprint density at radius 1 is 1.12 bits per heavy atom. The molecule has 8 heteroatoms. The molecule has 2 aromatic rings. The third-order valence-electron chi connectivity index (χ3n) is 6.36. The molecular formula is C25H34N4O3S. The normalized spacial score (nSPS) is 16.4. The van der Waals surface area contributed by atoms with Gasteiger partial charge in [-0.2, -0.15) is 4.98 Å². The first-order chi connectivity index (χ1) is 16.1. The van der Waals surface area contributed by atoms with E-state index in [9.17, 15) is 9.59 Å². The minimum absolute atomic E-state index is 0.0402. The van der Waals surface area contributed by atoms with Crippen LogP contribution in [0.3, 0.4) is 0 Å². The van der Waals surface area contributed by atoms with Crippen molar-refractivity contribution in [3.63, 3.8) is 0 Å². The van der Waals surface area contributed by atoms with Gasteiger partial charge in [0.2, 0.25) is 5.91 Å². The first-order valence-electron chi connectivity index (χ1n) is 12.0. The zero-order valence-corrected chi connectivity index (χ0v) is 20.3. The summed E-state index contributed by atoms with van der Waals surface area (Å²) < 4.78 is 7.30. The molecule has 0 radical (unpaired) electrons. The van der Waals surface area contributed by atoms with E-state index in [-0.39, 0.29) is 17.3 Å². The van der Waals surface area contributed by atoms with Crippen molar-refractivity contribution in [1.82, 2.24) is 19.8 Å². The first kappa shape index (κ1) is 24.0. The van der Waals surface area contributed by atoms with E-state index in [0.29, 0.717) is 13.1 Å². The Morgan fingerprint density at radius 2 is 1.88 bits per heavy atom. The zero-order valence-electron chi connectivity index (χ0n) is 19.5. The highest BCUT2D eigenvalue weighted by Crippen LogP contribution is 2.28. The van der Waals surface area contributed by atoms with Crippen molar-refractivity contribution in [2.24, 2.45) is 0 Å². The molecule has 1 aromatic heterocycles. The third-order valence-corrected chi connectivity index (χ3v) is 7.38. The number of benzene rings is 1. The van der Waals surface area contributed by atoms with Gasteiger partial charge in [0, 0.05) is 44.0 Å². The second-order valence-corrected chi connectivity index (χ2v) is 9.81. The summed E-state index contributed by atoms with van der Waals surface area (Å²) in [6.45, 7) is 7.75. The standard InChI is InChI=1S/C25H34N4O3S/c1-19-7-9-20(10-8-19)17-26-23(30)18-33-24-21-5-2-3-6-22(21)29(25(31)27-24)12-4-11-28-13-15-32-16-14-28/h7-10H,2-6,11-18H2,1H3,(H,26,30). The number of fused-ring (bicyclic) bond motifs is 1. The number of nitrogens with zero attached hydrogens (tertiary/aromatic N) is 3. The highest BCUT2D eigenvalue weighted by atomic mass is 32.2. The SMILES string of the molecule is Cc1ccc(CNC(=O)CSc2nc(=O)n(CCCN3CCOCC3)c3c2CCCC3)cc1. The molecule has 1 amide bonds. The summed E-state index contributed by atoms with van der Waals surface area (Å²) in [6, 6.07) is 8.14. The van der Waals surface area contributed by atoms with Gasteiger partial charge in [0.05, 0.1) is 19.0 Å². The van der Waals surface area contributed by atoms with Crippen LogP contribution in [0.2, 0.25) is 0 Å². The molecule has 33 heavy (non-hydrogen) atoms. The number of amides is 1. The molecule has 0 spiro atoms. The Labute approximate surface area is 199 Å². The number of carbonyl (C=O) groups is 1. The van der Waals surface area contributed by atoms with E-state index < -0.39 is 0 Å². The molecule has 1 fully saturated rings. The lowest BCUT2D eigenvalue weighted by Crippen LogP contribution is -2.38. The molecule has 0 atom stereocenters. The minimum atomic E-state index is -0.180. The van der Waals surface area contributed by atoms with E-state index in [1.165, 1.54) is 22.9 Å².